The number of carboxylic acids is 1. The Morgan fingerprint density at radius 2 is 2.03 bits per heavy atom. The van der Waals surface area contributed by atoms with Crippen molar-refractivity contribution in [2.45, 2.75) is 45.4 Å². The minimum atomic E-state index is -1.87. The fraction of sp³-hybridized carbons (Fsp3) is 0.308. The summed E-state index contributed by atoms with van der Waals surface area (Å²) in [5.74, 6) is -1.38. The fourth-order valence-corrected chi connectivity index (χ4v) is 4.87. The third-order valence-corrected chi connectivity index (χ3v) is 6.85. The minimum absolute atomic E-state index is 0.0545. The molecule has 180 valence electrons. The van der Waals surface area contributed by atoms with Crippen molar-refractivity contribution in [1.82, 2.24) is 9.55 Å². The molecular weight excluding hydrogens is 452 g/mol. The summed E-state index contributed by atoms with van der Waals surface area (Å²) in [5.41, 5.74) is 2.09. The van der Waals surface area contributed by atoms with Gasteiger partial charge in [-0.1, -0.05) is 20.4 Å². The summed E-state index contributed by atoms with van der Waals surface area (Å²) in [5, 5.41) is 20.9. The Hall–Kier alpha value is -3.98. The summed E-state index contributed by atoms with van der Waals surface area (Å²) >= 11 is 0. The van der Waals surface area contributed by atoms with Crippen LogP contribution in [0.25, 0.3) is 22.3 Å². The number of aromatic nitrogens is 2. The van der Waals surface area contributed by atoms with E-state index < -0.39 is 17.5 Å². The van der Waals surface area contributed by atoms with Gasteiger partial charge in [-0.2, -0.15) is 0 Å². The van der Waals surface area contributed by atoms with Crippen LogP contribution in [0.2, 0.25) is 0 Å². The summed E-state index contributed by atoms with van der Waals surface area (Å²) in [6, 6.07) is 7.00. The average molecular weight is 476 g/mol. The van der Waals surface area contributed by atoms with Crippen LogP contribution in [0.4, 0.5) is 0 Å². The number of fused-ring (bicyclic) bond motifs is 5. The number of cyclic esters (lactones) is 1. The maximum atomic E-state index is 13.4. The summed E-state index contributed by atoms with van der Waals surface area (Å²) in [7, 11) is 0. The molecule has 9 nitrogen and oxygen atoms in total. The summed E-state index contributed by atoms with van der Waals surface area (Å²) in [6.07, 6.45) is 0.743. The number of hydrogen-bond donors (Lipinski definition) is 2. The lowest BCUT2D eigenvalue weighted by molar-refractivity contribution is -0.172. The molecule has 1 aromatic carbocycles. The largest absolute Gasteiger partial charge is 0.489 e. The first-order chi connectivity index (χ1) is 16.7. The van der Waals surface area contributed by atoms with Gasteiger partial charge in [-0.3, -0.25) is 4.79 Å². The zero-order chi connectivity index (χ0) is 25.1. The van der Waals surface area contributed by atoms with E-state index >= 15 is 0 Å². The third-order valence-electron chi connectivity index (χ3n) is 6.85. The van der Waals surface area contributed by atoms with Gasteiger partial charge in [-0.15, -0.1) is 0 Å². The molecule has 2 aliphatic rings. The van der Waals surface area contributed by atoms with Gasteiger partial charge in [0.05, 0.1) is 34.6 Å². The number of pyridine rings is 2. The predicted octanol–water partition coefficient (Wildman–Crippen LogP) is 2.66. The molecule has 0 bridgehead atoms. The van der Waals surface area contributed by atoms with E-state index in [2.05, 4.69) is 6.58 Å². The molecular formula is C26H24N2O7. The molecule has 0 fully saturated rings. The first kappa shape index (κ1) is 22.8. The molecule has 2 aliphatic heterocycles. The highest BCUT2D eigenvalue weighted by Gasteiger charge is 2.45. The number of carboxylic acid groups (broad SMARTS) is 1. The molecule has 1 atom stereocenters. The van der Waals surface area contributed by atoms with E-state index in [1.165, 1.54) is 0 Å². The van der Waals surface area contributed by atoms with Crippen LogP contribution in [0, 0.1) is 0 Å². The molecule has 5 rings (SSSR count). The zero-order valence-corrected chi connectivity index (χ0v) is 19.4. The normalized spacial score (nSPS) is 18.0. The van der Waals surface area contributed by atoms with Crippen molar-refractivity contribution in [2.75, 3.05) is 6.61 Å². The van der Waals surface area contributed by atoms with Crippen molar-refractivity contribution in [3.05, 3.63) is 69.0 Å². The Morgan fingerprint density at radius 3 is 2.71 bits per heavy atom. The minimum Gasteiger partial charge on any atom is -0.489 e. The highest BCUT2D eigenvalue weighted by atomic mass is 16.6. The standard InChI is InChI=1S/C26H24N2O7/c1-4-15-16-8-14(34-11-13(3)24(30)31)6-7-20(16)27-22-17(15)10-28-21(22)9-19-18(23(28)29)12-35-25(32)26(19,33)5-2/h6-9,33H,3-5,10-12H2,1-2H3,(H,30,31)/t26-/m0/s1. The number of nitrogens with zero attached hydrogens (tertiary/aromatic N) is 2. The summed E-state index contributed by atoms with van der Waals surface area (Å²) < 4.78 is 12.4. The van der Waals surface area contributed by atoms with Crippen molar-refractivity contribution in [1.29, 1.82) is 0 Å². The van der Waals surface area contributed by atoms with E-state index in [1.54, 1.807) is 29.7 Å². The SMILES string of the molecule is C=C(COc1ccc2nc3c(c(CC)c2c1)Cn1c-3cc2c(c1=O)COC(=O)[C@]2(O)CC)C(=O)O. The fourth-order valence-electron chi connectivity index (χ4n) is 4.87. The lowest BCUT2D eigenvalue weighted by Gasteiger charge is -2.31. The molecule has 2 aromatic heterocycles. The van der Waals surface area contributed by atoms with Crippen LogP contribution in [-0.4, -0.2) is 38.3 Å². The van der Waals surface area contributed by atoms with Gasteiger partial charge in [0.15, 0.2) is 5.60 Å². The Labute approximate surface area is 200 Å². The molecule has 0 unspecified atom stereocenters. The van der Waals surface area contributed by atoms with Gasteiger partial charge >= 0.3 is 11.9 Å². The molecule has 0 spiro atoms. The number of carbonyl (C=O) groups is 2. The van der Waals surface area contributed by atoms with Crippen molar-refractivity contribution in [2.24, 2.45) is 0 Å². The summed E-state index contributed by atoms with van der Waals surface area (Å²) in [6.45, 7) is 7.14. The third kappa shape index (κ3) is 3.34. The number of benzene rings is 1. The van der Waals surface area contributed by atoms with E-state index in [0.29, 0.717) is 35.6 Å². The van der Waals surface area contributed by atoms with Crippen LogP contribution in [0.5, 0.6) is 5.75 Å². The number of carbonyl (C=O) groups excluding carboxylic acids is 1. The van der Waals surface area contributed by atoms with Crippen molar-refractivity contribution in [3.63, 3.8) is 0 Å². The van der Waals surface area contributed by atoms with Crippen molar-refractivity contribution < 1.29 is 29.3 Å². The van der Waals surface area contributed by atoms with Crippen LogP contribution >= 0.6 is 0 Å². The van der Waals surface area contributed by atoms with E-state index in [9.17, 15) is 19.5 Å². The molecule has 35 heavy (non-hydrogen) atoms. The Morgan fingerprint density at radius 1 is 1.26 bits per heavy atom. The molecule has 2 N–H and O–H groups in total. The van der Waals surface area contributed by atoms with Gasteiger partial charge in [0.25, 0.3) is 5.56 Å². The van der Waals surface area contributed by atoms with Gasteiger partial charge in [-0.25, -0.2) is 14.6 Å². The van der Waals surface area contributed by atoms with Gasteiger partial charge < -0.3 is 24.3 Å². The highest BCUT2D eigenvalue weighted by molar-refractivity contribution is 5.90. The van der Waals surface area contributed by atoms with Crippen LogP contribution in [0.3, 0.4) is 0 Å². The molecule has 0 amide bonds. The lowest BCUT2D eigenvalue weighted by Crippen LogP contribution is -2.44. The first-order valence-corrected chi connectivity index (χ1v) is 11.4. The Bertz CT molecular complexity index is 1500. The van der Waals surface area contributed by atoms with E-state index in [4.69, 9.17) is 19.6 Å². The topological polar surface area (TPSA) is 128 Å². The number of aliphatic carboxylic acids is 1. The van der Waals surface area contributed by atoms with Crippen LogP contribution < -0.4 is 10.3 Å². The number of aryl methyl sites for hydroxylation is 1. The smallest absolute Gasteiger partial charge is 0.343 e. The second-order valence-corrected chi connectivity index (χ2v) is 8.75. The van der Waals surface area contributed by atoms with Crippen molar-refractivity contribution >= 4 is 22.8 Å². The number of ether oxygens (including phenoxy) is 2. The second kappa shape index (κ2) is 8.06. The van der Waals surface area contributed by atoms with E-state index in [-0.39, 0.29) is 41.9 Å². The van der Waals surface area contributed by atoms with Crippen molar-refractivity contribution in [3.8, 4) is 17.1 Å². The Balaban J connectivity index is 1.65. The molecule has 0 radical (unpaired) electrons. The van der Waals surface area contributed by atoms with Gasteiger partial charge in [0.1, 0.15) is 19.0 Å². The maximum absolute atomic E-state index is 13.4. The van der Waals surface area contributed by atoms with Crippen LogP contribution in [-0.2, 0) is 39.5 Å². The van der Waals surface area contributed by atoms with Crippen LogP contribution in [0.1, 0.15) is 42.5 Å². The molecule has 0 saturated carbocycles. The number of aliphatic hydroxyl groups is 1. The monoisotopic (exact) mass is 476 g/mol. The highest BCUT2D eigenvalue weighted by Crippen LogP contribution is 2.40. The molecule has 4 heterocycles. The Kier molecular flexibility index (Phi) is 5.25. The average Bonchev–Trinajstić information content (AvgIpc) is 3.22. The quantitative estimate of drug-likeness (QED) is 0.321. The number of hydrogen-bond acceptors (Lipinski definition) is 7. The lowest BCUT2D eigenvalue weighted by atomic mass is 9.86. The first-order valence-electron chi connectivity index (χ1n) is 11.4. The predicted molar refractivity (Wildman–Crippen MR) is 126 cm³/mol. The summed E-state index contributed by atoms with van der Waals surface area (Å²) in [4.78, 5) is 41.6. The zero-order valence-electron chi connectivity index (χ0n) is 19.4. The van der Waals surface area contributed by atoms with Crippen LogP contribution in [0.15, 0.2) is 41.2 Å². The van der Waals surface area contributed by atoms with Gasteiger partial charge in [-0.05, 0) is 42.7 Å². The number of esters is 1. The molecule has 0 aliphatic carbocycles. The van der Waals surface area contributed by atoms with Gasteiger partial charge in [0.2, 0.25) is 0 Å². The van der Waals surface area contributed by atoms with Gasteiger partial charge in [0, 0.05) is 16.5 Å². The van der Waals surface area contributed by atoms with E-state index in [1.807, 2.05) is 13.0 Å². The second-order valence-electron chi connectivity index (χ2n) is 8.75. The van der Waals surface area contributed by atoms with E-state index in [0.717, 1.165) is 16.5 Å². The molecule has 0 saturated heterocycles. The maximum Gasteiger partial charge on any atom is 0.343 e. The molecule has 3 aromatic rings. The number of rotatable bonds is 6. The molecule has 9 heteroatoms.